The molecule has 0 fully saturated rings. The number of aliphatic hydroxyl groups is 1. The van der Waals surface area contributed by atoms with Crippen molar-refractivity contribution in [2.75, 3.05) is 6.54 Å². The van der Waals surface area contributed by atoms with E-state index in [-0.39, 0.29) is 37.7 Å². The van der Waals surface area contributed by atoms with Gasteiger partial charge in [-0.3, -0.25) is 14.4 Å². The van der Waals surface area contributed by atoms with Crippen molar-refractivity contribution < 1.29 is 29.0 Å². The first-order chi connectivity index (χ1) is 24.5. The van der Waals surface area contributed by atoms with Gasteiger partial charge in [-0.1, -0.05) is 82.6 Å². The maximum atomic E-state index is 14.1. The number of ether oxygens (including phenoxy) is 1. The van der Waals surface area contributed by atoms with E-state index < -0.39 is 42.1 Å². The van der Waals surface area contributed by atoms with Crippen molar-refractivity contribution in [3.63, 3.8) is 0 Å². The Morgan fingerprint density at radius 2 is 1.63 bits per heavy atom. The van der Waals surface area contributed by atoms with Gasteiger partial charge >= 0.3 is 6.09 Å². The molecular weight excluding hydrogens is 669 g/mol. The van der Waals surface area contributed by atoms with E-state index >= 15 is 0 Å². The molecule has 0 spiro atoms. The van der Waals surface area contributed by atoms with Gasteiger partial charge < -0.3 is 36.1 Å². The smallest absolute Gasteiger partial charge is 0.408 e. The lowest BCUT2D eigenvalue weighted by molar-refractivity contribution is -0.131. The van der Waals surface area contributed by atoms with Gasteiger partial charge in [-0.15, -0.1) is 11.3 Å². The summed E-state index contributed by atoms with van der Waals surface area (Å²) in [6.07, 6.45) is 1.17. The maximum Gasteiger partial charge on any atom is 0.408 e. The lowest BCUT2D eigenvalue weighted by Gasteiger charge is -2.29. The number of aromatic amines is 1. The summed E-state index contributed by atoms with van der Waals surface area (Å²) in [4.78, 5) is 61.2. The van der Waals surface area contributed by atoms with Crippen LogP contribution in [-0.4, -0.2) is 69.7 Å². The molecule has 51 heavy (non-hydrogen) atoms. The van der Waals surface area contributed by atoms with Gasteiger partial charge in [-0.25, -0.2) is 9.78 Å². The van der Waals surface area contributed by atoms with E-state index in [0.29, 0.717) is 24.6 Å². The highest BCUT2D eigenvalue weighted by molar-refractivity contribution is 7.07. The van der Waals surface area contributed by atoms with Gasteiger partial charge in [0.05, 0.1) is 29.8 Å². The number of amides is 4. The zero-order chi connectivity index (χ0) is 36.8. The van der Waals surface area contributed by atoms with Gasteiger partial charge in [-0.2, -0.15) is 0 Å². The quantitative estimate of drug-likeness (QED) is 0.0820. The van der Waals surface area contributed by atoms with Gasteiger partial charge in [0.25, 0.3) is 0 Å². The Morgan fingerprint density at radius 3 is 2.33 bits per heavy atom. The average molecular weight is 719 g/mol. The standard InChI is InChI=1S/C38H50N6O6S/c1-5-25(4)19-40-35(46)18-34(45)31(15-24(2)3)42-37(48)33(17-28-22-51-23-41-28)43-36(47)32(16-27-20-39-30-14-10-9-13-29(27)30)44-38(49)50-21-26-11-7-6-8-12-26/h6-14,20,22-25,31-34,39,45H,5,15-19,21H2,1-4H3,(H,40,46)(H,42,48)(H,43,47)(H,44,49)/t25?,31-,32-,33-,34-/m0/s1. The lowest BCUT2D eigenvalue weighted by atomic mass is 9.96. The van der Waals surface area contributed by atoms with Gasteiger partial charge in [0.2, 0.25) is 17.7 Å². The summed E-state index contributed by atoms with van der Waals surface area (Å²) < 4.78 is 5.45. The van der Waals surface area contributed by atoms with Crippen LogP contribution in [0.4, 0.5) is 4.79 Å². The van der Waals surface area contributed by atoms with Crippen LogP contribution in [0.1, 0.15) is 63.8 Å². The predicted molar refractivity (Wildman–Crippen MR) is 198 cm³/mol. The molecule has 5 atom stereocenters. The molecule has 274 valence electrons. The molecular formula is C38H50N6O6S. The third-order valence-electron chi connectivity index (χ3n) is 8.71. The fourth-order valence-corrected chi connectivity index (χ4v) is 6.18. The summed E-state index contributed by atoms with van der Waals surface area (Å²) >= 11 is 1.36. The maximum absolute atomic E-state index is 14.1. The highest BCUT2D eigenvalue weighted by Gasteiger charge is 2.32. The number of carbonyl (C=O) groups is 4. The molecule has 0 radical (unpaired) electrons. The van der Waals surface area contributed by atoms with Crippen molar-refractivity contribution in [1.29, 1.82) is 0 Å². The van der Waals surface area contributed by atoms with Crippen LogP contribution in [0.2, 0.25) is 0 Å². The second-order valence-corrected chi connectivity index (χ2v) is 14.1. The molecule has 13 heteroatoms. The topological polar surface area (TPSA) is 175 Å². The number of rotatable bonds is 19. The Labute approximate surface area is 303 Å². The molecule has 0 saturated heterocycles. The minimum atomic E-state index is -1.15. The Balaban J connectivity index is 1.52. The van der Waals surface area contributed by atoms with Crippen LogP contribution in [0.3, 0.4) is 0 Å². The molecule has 0 aliphatic rings. The fourth-order valence-electron chi connectivity index (χ4n) is 5.61. The summed E-state index contributed by atoms with van der Waals surface area (Å²) in [5, 5.41) is 25.1. The third-order valence-corrected chi connectivity index (χ3v) is 9.34. The molecule has 12 nitrogen and oxygen atoms in total. The van der Waals surface area contributed by atoms with Crippen molar-refractivity contribution >= 4 is 46.1 Å². The van der Waals surface area contributed by atoms with E-state index in [1.165, 1.54) is 11.3 Å². The zero-order valence-electron chi connectivity index (χ0n) is 29.7. The van der Waals surface area contributed by atoms with Crippen LogP contribution in [0.15, 0.2) is 71.7 Å². The number of thiazole rings is 1. The molecule has 0 aliphatic heterocycles. The second kappa shape index (κ2) is 19.6. The monoisotopic (exact) mass is 718 g/mol. The first-order valence-electron chi connectivity index (χ1n) is 17.5. The molecule has 4 amide bonds. The highest BCUT2D eigenvalue weighted by Crippen LogP contribution is 2.20. The number of para-hydroxylation sites is 1. The first-order valence-corrected chi connectivity index (χ1v) is 18.4. The number of hydrogen-bond donors (Lipinski definition) is 6. The number of benzene rings is 2. The van der Waals surface area contributed by atoms with E-state index in [0.717, 1.165) is 28.5 Å². The number of fused-ring (bicyclic) bond motifs is 1. The molecule has 0 saturated carbocycles. The minimum absolute atomic E-state index is 0.0121. The van der Waals surface area contributed by atoms with Crippen molar-refractivity contribution in [3.8, 4) is 0 Å². The van der Waals surface area contributed by atoms with E-state index in [1.54, 1.807) is 17.1 Å². The Morgan fingerprint density at radius 1 is 0.922 bits per heavy atom. The number of aromatic nitrogens is 2. The predicted octanol–water partition coefficient (Wildman–Crippen LogP) is 4.63. The molecule has 4 aromatic rings. The number of H-pyrrole nitrogens is 1. The lowest BCUT2D eigenvalue weighted by Crippen LogP contribution is -2.57. The van der Waals surface area contributed by atoms with E-state index in [9.17, 15) is 24.3 Å². The molecule has 0 bridgehead atoms. The number of aliphatic hydroxyl groups excluding tert-OH is 1. The van der Waals surface area contributed by atoms with E-state index in [1.807, 2.05) is 82.3 Å². The van der Waals surface area contributed by atoms with Crippen molar-refractivity contribution in [1.82, 2.24) is 31.2 Å². The van der Waals surface area contributed by atoms with Gasteiger partial charge in [-0.05, 0) is 35.4 Å². The minimum Gasteiger partial charge on any atom is -0.445 e. The number of carbonyl (C=O) groups excluding carboxylic acids is 4. The van der Waals surface area contributed by atoms with Gasteiger partial charge in [0.1, 0.15) is 18.7 Å². The summed E-state index contributed by atoms with van der Waals surface area (Å²) in [5.74, 6) is -1.06. The largest absolute Gasteiger partial charge is 0.445 e. The molecule has 1 unspecified atom stereocenters. The van der Waals surface area contributed by atoms with Crippen molar-refractivity contribution in [2.45, 2.75) is 90.6 Å². The van der Waals surface area contributed by atoms with Crippen LogP contribution in [0.25, 0.3) is 10.9 Å². The molecule has 0 aliphatic carbocycles. The molecule has 6 N–H and O–H groups in total. The Hall–Kier alpha value is -4.75. The summed E-state index contributed by atoms with van der Waals surface area (Å²) in [7, 11) is 0. The molecule has 4 rings (SSSR count). The fraction of sp³-hybridized carbons (Fsp3) is 0.447. The highest BCUT2D eigenvalue weighted by atomic mass is 32.1. The Bertz CT molecular complexity index is 1700. The first kappa shape index (κ1) is 39.0. The third kappa shape index (κ3) is 12.5. The zero-order valence-corrected chi connectivity index (χ0v) is 30.5. The van der Waals surface area contributed by atoms with Crippen molar-refractivity contribution in [2.24, 2.45) is 11.8 Å². The molecule has 2 aromatic carbocycles. The van der Waals surface area contributed by atoms with Crippen molar-refractivity contribution in [3.05, 3.63) is 88.5 Å². The molecule has 2 heterocycles. The van der Waals surface area contributed by atoms with Crippen LogP contribution in [-0.2, 0) is 38.6 Å². The van der Waals surface area contributed by atoms with E-state index in [4.69, 9.17) is 4.74 Å². The number of nitrogens with one attached hydrogen (secondary N) is 5. The van der Waals surface area contributed by atoms with Crippen LogP contribution in [0, 0.1) is 11.8 Å². The normalized spacial score (nSPS) is 14.2. The van der Waals surface area contributed by atoms with E-state index in [2.05, 4.69) is 31.2 Å². The molecule has 2 aromatic heterocycles. The SMILES string of the molecule is CCC(C)CNC(=O)C[C@H](O)[C@H](CC(C)C)NC(=O)[C@H](Cc1cscn1)NC(=O)[C@H](Cc1c[nH]c2ccccc12)NC(=O)OCc1ccccc1. The number of nitrogens with zero attached hydrogens (tertiary/aromatic N) is 1. The van der Waals surface area contributed by atoms with Crippen LogP contribution < -0.4 is 21.3 Å². The summed E-state index contributed by atoms with van der Waals surface area (Å²) in [6.45, 7) is 8.50. The number of alkyl carbamates (subject to hydrolysis) is 1. The second-order valence-electron chi connectivity index (χ2n) is 13.4. The number of hydrogen-bond acceptors (Lipinski definition) is 8. The average Bonchev–Trinajstić information content (AvgIpc) is 3.79. The van der Waals surface area contributed by atoms with Crippen LogP contribution >= 0.6 is 11.3 Å². The Kier molecular flexibility index (Phi) is 15.0. The van der Waals surface area contributed by atoms with Gasteiger partial charge in [0, 0.05) is 41.9 Å². The van der Waals surface area contributed by atoms with Gasteiger partial charge in [0.15, 0.2) is 0 Å². The summed E-state index contributed by atoms with van der Waals surface area (Å²) in [6, 6.07) is 13.9. The summed E-state index contributed by atoms with van der Waals surface area (Å²) in [5.41, 5.74) is 4.69. The van der Waals surface area contributed by atoms with Crippen LogP contribution in [0.5, 0.6) is 0 Å².